The van der Waals surface area contributed by atoms with Crippen molar-refractivity contribution in [2.75, 3.05) is 45.3 Å². The van der Waals surface area contributed by atoms with Gasteiger partial charge in [0.1, 0.15) is 5.78 Å². The molecule has 0 atom stereocenters. The number of carbonyl (C=O) groups is 2. The molecule has 206 valence electrons. The zero-order valence-electron chi connectivity index (χ0n) is 23.6. The van der Waals surface area contributed by atoms with E-state index in [1.54, 1.807) is 7.11 Å². The lowest BCUT2D eigenvalue weighted by molar-refractivity contribution is -0.117. The molecule has 7 nitrogen and oxygen atoms in total. The molecule has 2 rings (SSSR count). The van der Waals surface area contributed by atoms with Gasteiger partial charge in [0.2, 0.25) is 0 Å². The van der Waals surface area contributed by atoms with Crippen molar-refractivity contribution >= 4 is 23.6 Å². The Kier molecular flexibility index (Phi) is 19.4. The van der Waals surface area contributed by atoms with Crippen LogP contribution in [-0.4, -0.2) is 67.9 Å². The summed E-state index contributed by atoms with van der Waals surface area (Å²) in [6.45, 7) is 12.7. The van der Waals surface area contributed by atoms with Crippen LogP contribution in [0, 0.1) is 5.41 Å². The van der Waals surface area contributed by atoms with Crippen LogP contribution in [0.15, 0.2) is 42.5 Å². The molecule has 3 N–H and O–H groups in total. The number of aliphatic hydroxyl groups excluding tert-OH is 1. The Morgan fingerprint density at radius 2 is 1.62 bits per heavy atom. The standard InChI is InChI=1S/C23H31N3O2.C5H10O2.C2H6/c1-4-13-26(14-5-2)23(27)19-8-6-18(7-9-19)20-10-11-22(21(16-20)17-24)25-12-15-28-3;1-5(7)3-2-4-6;1-2/h6-11,16-17,24-25H,4-5,12-15H2,1-3H3;6H,2-4H2,1H3;1-2H3. The van der Waals surface area contributed by atoms with Gasteiger partial charge in [-0.3, -0.25) is 4.79 Å². The fourth-order valence-electron chi connectivity index (χ4n) is 3.48. The second kappa shape index (κ2) is 21.1. The maximum absolute atomic E-state index is 12.7. The maximum Gasteiger partial charge on any atom is 0.253 e. The summed E-state index contributed by atoms with van der Waals surface area (Å²) in [6, 6.07) is 13.7. The molecule has 0 aliphatic carbocycles. The van der Waals surface area contributed by atoms with E-state index in [0.29, 0.717) is 26.0 Å². The van der Waals surface area contributed by atoms with Gasteiger partial charge in [0, 0.05) is 62.8 Å². The number of methoxy groups -OCH3 is 1. The maximum atomic E-state index is 12.7. The minimum atomic E-state index is 0.0909. The molecular weight excluding hydrogens is 466 g/mol. The molecule has 0 saturated heterocycles. The number of rotatable bonds is 14. The number of nitrogens with zero attached hydrogens (tertiary/aromatic N) is 1. The number of hydrogen-bond acceptors (Lipinski definition) is 6. The summed E-state index contributed by atoms with van der Waals surface area (Å²) in [4.78, 5) is 24.7. The molecule has 2 aromatic carbocycles. The number of amides is 1. The van der Waals surface area contributed by atoms with Gasteiger partial charge in [0.15, 0.2) is 0 Å². The number of anilines is 1. The monoisotopic (exact) mass is 513 g/mol. The molecule has 0 aliphatic rings. The van der Waals surface area contributed by atoms with Crippen molar-refractivity contribution in [3.05, 3.63) is 53.6 Å². The SMILES string of the molecule is CC.CC(=O)CCCO.CCCN(CCC)C(=O)c1ccc(-c2ccc(NCCOC)c(C=N)c2)cc1. The molecular formula is C30H47N3O4. The molecule has 1 amide bonds. The van der Waals surface area contributed by atoms with Crippen molar-refractivity contribution in [3.63, 3.8) is 0 Å². The number of hydrogen-bond donors (Lipinski definition) is 3. The van der Waals surface area contributed by atoms with Gasteiger partial charge >= 0.3 is 0 Å². The number of ketones is 1. The minimum Gasteiger partial charge on any atom is -0.396 e. The average Bonchev–Trinajstić information content (AvgIpc) is 2.93. The highest BCUT2D eigenvalue weighted by molar-refractivity contribution is 5.95. The summed E-state index contributed by atoms with van der Waals surface area (Å²) >= 11 is 0. The first-order valence-electron chi connectivity index (χ1n) is 13.3. The Balaban J connectivity index is 0.00000124. The van der Waals surface area contributed by atoms with Crippen LogP contribution >= 0.6 is 0 Å². The van der Waals surface area contributed by atoms with E-state index >= 15 is 0 Å². The molecule has 0 aliphatic heterocycles. The highest BCUT2D eigenvalue weighted by Gasteiger charge is 2.14. The molecule has 0 bridgehead atoms. The van der Waals surface area contributed by atoms with Gasteiger partial charge in [0.25, 0.3) is 5.91 Å². The first kappa shape index (κ1) is 34.0. The lowest BCUT2D eigenvalue weighted by Crippen LogP contribution is -2.32. The number of nitrogens with one attached hydrogen (secondary N) is 2. The summed E-state index contributed by atoms with van der Waals surface area (Å²) in [5, 5.41) is 19.1. The summed E-state index contributed by atoms with van der Waals surface area (Å²) in [5.74, 6) is 0.238. The van der Waals surface area contributed by atoms with Crippen LogP contribution in [0.3, 0.4) is 0 Å². The number of Topliss-reactive ketones (excluding diaryl/α,β-unsaturated/α-hetero) is 1. The number of aliphatic hydroxyl groups is 1. The van der Waals surface area contributed by atoms with Crippen LogP contribution in [0.5, 0.6) is 0 Å². The highest BCUT2D eigenvalue weighted by Crippen LogP contribution is 2.25. The third kappa shape index (κ3) is 13.2. The lowest BCUT2D eigenvalue weighted by Gasteiger charge is -2.21. The van der Waals surface area contributed by atoms with Crippen molar-refractivity contribution in [1.82, 2.24) is 4.90 Å². The van der Waals surface area contributed by atoms with Gasteiger partial charge in [-0.25, -0.2) is 0 Å². The number of ether oxygens (including phenoxy) is 1. The Labute approximate surface area is 223 Å². The molecule has 0 saturated carbocycles. The fourth-order valence-corrected chi connectivity index (χ4v) is 3.48. The van der Waals surface area contributed by atoms with Crippen molar-refractivity contribution < 1.29 is 19.4 Å². The summed E-state index contributed by atoms with van der Waals surface area (Å²) in [7, 11) is 1.67. The molecule has 7 heteroatoms. The topological polar surface area (TPSA) is 103 Å². The van der Waals surface area contributed by atoms with Gasteiger partial charge in [-0.1, -0.05) is 45.9 Å². The van der Waals surface area contributed by atoms with E-state index in [9.17, 15) is 9.59 Å². The zero-order valence-corrected chi connectivity index (χ0v) is 23.6. The third-order valence-electron chi connectivity index (χ3n) is 5.26. The number of carbonyl (C=O) groups excluding carboxylic acids is 2. The Bertz CT molecular complexity index is 908. The molecule has 0 unspecified atom stereocenters. The van der Waals surface area contributed by atoms with E-state index < -0.39 is 0 Å². The van der Waals surface area contributed by atoms with Gasteiger partial charge in [-0.05, 0) is 61.6 Å². The molecule has 0 fully saturated rings. The Hall–Kier alpha value is -3.03. The van der Waals surface area contributed by atoms with E-state index in [1.165, 1.54) is 13.1 Å². The second-order valence-corrected chi connectivity index (χ2v) is 8.26. The lowest BCUT2D eigenvalue weighted by atomic mass is 10.0. The predicted molar refractivity (Wildman–Crippen MR) is 155 cm³/mol. The van der Waals surface area contributed by atoms with Gasteiger partial charge < -0.3 is 30.3 Å². The van der Waals surface area contributed by atoms with Crippen LogP contribution < -0.4 is 5.32 Å². The first-order valence-corrected chi connectivity index (χ1v) is 13.3. The van der Waals surface area contributed by atoms with Gasteiger partial charge in [-0.15, -0.1) is 0 Å². The highest BCUT2D eigenvalue weighted by atomic mass is 16.5. The summed E-state index contributed by atoms with van der Waals surface area (Å²) in [6.07, 6.45) is 4.39. The normalized spacial score (nSPS) is 9.81. The van der Waals surface area contributed by atoms with E-state index in [0.717, 1.165) is 53.9 Å². The summed E-state index contributed by atoms with van der Waals surface area (Å²) in [5.41, 5.74) is 4.51. The van der Waals surface area contributed by atoms with Crippen LogP contribution in [0.1, 0.15) is 76.2 Å². The van der Waals surface area contributed by atoms with E-state index in [1.807, 2.05) is 61.2 Å². The van der Waals surface area contributed by atoms with Crippen molar-refractivity contribution in [1.29, 1.82) is 5.41 Å². The smallest absolute Gasteiger partial charge is 0.253 e. The first-order chi connectivity index (χ1) is 17.9. The van der Waals surface area contributed by atoms with Gasteiger partial charge in [0.05, 0.1) is 6.61 Å². The Morgan fingerprint density at radius 3 is 2.08 bits per heavy atom. The van der Waals surface area contributed by atoms with Crippen LogP contribution in [0.2, 0.25) is 0 Å². The quantitative estimate of drug-likeness (QED) is 0.211. The molecule has 37 heavy (non-hydrogen) atoms. The molecule has 2 aromatic rings. The second-order valence-electron chi connectivity index (χ2n) is 8.26. The zero-order chi connectivity index (χ0) is 28.1. The molecule has 0 spiro atoms. The van der Waals surface area contributed by atoms with Crippen LogP contribution in [0.25, 0.3) is 11.1 Å². The third-order valence-corrected chi connectivity index (χ3v) is 5.26. The van der Waals surface area contributed by atoms with Crippen LogP contribution in [0.4, 0.5) is 5.69 Å². The van der Waals surface area contributed by atoms with Crippen molar-refractivity contribution in [2.24, 2.45) is 0 Å². The van der Waals surface area contributed by atoms with Crippen molar-refractivity contribution in [3.8, 4) is 11.1 Å². The molecule has 0 radical (unpaired) electrons. The number of benzene rings is 2. The largest absolute Gasteiger partial charge is 0.396 e. The van der Waals surface area contributed by atoms with E-state index in [4.69, 9.17) is 15.3 Å². The Morgan fingerprint density at radius 1 is 1.03 bits per heavy atom. The van der Waals surface area contributed by atoms with E-state index in [2.05, 4.69) is 19.2 Å². The van der Waals surface area contributed by atoms with Gasteiger partial charge in [-0.2, -0.15) is 0 Å². The fraction of sp³-hybridized carbons (Fsp3) is 0.500. The molecule has 0 heterocycles. The van der Waals surface area contributed by atoms with E-state index in [-0.39, 0.29) is 18.3 Å². The van der Waals surface area contributed by atoms with Crippen molar-refractivity contribution in [2.45, 2.75) is 60.3 Å². The predicted octanol–water partition coefficient (Wildman–Crippen LogP) is 6.05. The van der Waals surface area contributed by atoms with Crippen LogP contribution in [-0.2, 0) is 9.53 Å². The minimum absolute atomic E-state index is 0.0909. The summed E-state index contributed by atoms with van der Waals surface area (Å²) < 4.78 is 5.06. The average molecular weight is 514 g/mol. The molecule has 0 aromatic heterocycles.